The normalized spacial score (nSPS) is 11.4. The fraction of sp³-hybridized carbons (Fsp3) is 0.0769. The molecule has 154 valence electrons. The van der Waals surface area contributed by atoms with Crippen LogP contribution in [0.5, 0.6) is 0 Å². The van der Waals surface area contributed by atoms with E-state index >= 15 is 0 Å². The Hall–Kier alpha value is -3.63. The van der Waals surface area contributed by atoms with Crippen LogP contribution in [0.3, 0.4) is 0 Å². The van der Waals surface area contributed by atoms with Crippen molar-refractivity contribution in [1.82, 2.24) is 14.9 Å². The molecule has 0 atom stereocenters. The first-order valence-corrected chi connectivity index (χ1v) is 10.4. The molecule has 0 spiro atoms. The van der Waals surface area contributed by atoms with Gasteiger partial charge in [-0.2, -0.15) is 0 Å². The van der Waals surface area contributed by atoms with Crippen LogP contribution in [0.15, 0.2) is 91.3 Å². The van der Waals surface area contributed by atoms with E-state index in [0.717, 1.165) is 28.2 Å². The third-order valence-electron chi connectivity index (χ3n) is 5.03. The zero-order valence-electron chi connectivity index (χ0n) is 17.1. The molecule has 0 saturated heterocycles. The van der Waals surface area contributed by atoms with Gasteiger partial charge >= 0.3 is 0 Å². The van der Waals surface area contributed by atoms with Gasteiger partial charge in [-0.15, -0.1) is 0 Å². The summed E-state index contributed by atoms with van der Waals surface area (Å²) < 4.78 is 2.02. The number of aryl methyl sites for hydroxylation is 1. The molecule has 1 heterocycles. The highest BCUT2D eigenvalue weighted by Crippen LogP contribution is 2.23. The van der Waals surface area contributed by atoms with Gasteiger partial charge in [0, 0.05) is 35.2 Å². The number of imidazole rings is 1. The Balaban J connectivity index is 1.53. The summed E-state index contributed by atoms with van der Waals surface area (Å²) in [5.74, 6) is 0.777. The first-order valence-electron chi connectivity index (χ1n) is 10.0. The van der Waals surface area contributed by atoms with E-state index < -0.39 is 0 Å². The lowest BCUT2D eigenvalue weighted by atomic mass is 10.0. The van der Waals surface area contributed by atoms with Crippen LogP contribution < -0.4 is 5.32 Å². The predicted octanol–water partition coefficient (Wildman–Crippen LogP) is 5.69. The van der Waals surface area contributed by atoms with E-state index in [1.165, 1.54) is 0 Å². The predicted molar refractivity (Wildman–Crippen MR) is 126 cm³/mol. The number of carbonyl (C=O) groups is 1. The van der Waals surface area contributed by atoms with Gasteiger partial charge in [0.05, 0.1) is 0 Å². The smallest absolute Gasteiger partial charge is 0.252 e. The van der Waals surface area contributed by atoms with Crippen LogP contribution in [0, 0.1) is 6.92 Å². The number of hydrogen-bond donors (Lipinski definition) is 1. The first-order chi connectivity index (χ1) is 15.1. The maximum Gasteiger partial charge on any atom is 0.252 e. The van der Waals surface area contributed by atoms with E-state index in [9.17, 15) is 4.79 Å². The SMILES string of the molecule is Cc1nccn1-c1ccc(CNC(=O)/C(=C/c2ccccc2Cl)c2ccccc2)cc1. The van der Waals surface area contributed by atoms with Crippen LogP contribution in [0.2, 0.25) is 5.02 Å². The number of aromatic nitrogens is 2. The number of amides is 1. The minimum absolute atomic E-state index is 0.152. The van der Waals surface area contributed by atoms with E-state index in [4.69, 9.17) is 11.6 Å². The van der Waals surface area contributed by atoms with Crippen molar-refractivity contribution >= 4 is 29.2 Å². The van der Waals surface area contributed by atoms with Crippen LogP contribution in [0.1, 0.15) is 22.5 Å². The van der Waals surface area contributed by atoms with Crippen molar-refractivity contribution in [2.75, 3.05) is 0 Å². The lowest BCUT2D eigenvalue weighted by molar-refractivity contribution is -0.115. The fourth-order valence-electron chi connectivity index (χ4n) is 3.35. The molecule has 0 aliphatic carbocycles. The molecule has 0 aliphatic rings. The monoisotopic (exact) mass is 427 g/mol. The van der Waals surface area contributed by atoms with Crippen molar-refractivity contribution in [3.63, 3.8) is 0 Å². The molecule has 0 radical (unpaired) electrons. The summed E-state index contributed by atoms with van der Waals surface area (Å²) in [5.41, 5.74) is 4.26. The zero-order valence-corrected chi connectivity index (χ0v) is 17.9. The van der Waals surface area contributed by atoms with Crippen molar-refractivity contribution in [1.29, 1.82) is 0 Å². The molecule has 0 bridgehead atoms. The Morgan fingerprint density at radius 3 is 2.39 bits per heavy atom. The van der Waals surface area contributed by atoms with Gasteiger partial charge in [0.15, 0.2) is 0 Å². The van der Waals surface area contributed by atoms with E-state index in [1.807, 2.05) is 103 Å². The molecule has 5 heteroatoms. The quantitative estimate of drug-likeness (QED) is 0.317. The molecule has 4 nitrogen and oxygen atoms in total. The molecule has 31 heavy (non-hydrogen) atoms. The molecule has 0 fully saturated rings. The molecule has 1 amide bonds. The number of rotatable bonds is 6. The van der Waals surface area contributed by atoms with Gasteiger partial charge in [0.2, 0.25) is 0 Å². The third-order valence-corrected chi connectivity index (χ3v) is 5.37. The number of carbonyl (C=O) groups excluding carboxylic acids is 1. The molecule has 3 aromatic carbocycles. The summed E-state index contributed by atoms with van der Waals surface area (Å²) in [6, 6.07) is 25.2. The molecule has 0 aliphatic heterocycles. The highest BCUT2D eigenvalue weighted by molar-refractivity contribution is 6.33. The molecule has 1 N–H and O–H groups in total. The summed E-state index contributed by atoms with van der Waals surface area (Å²) >= 11 is 6.32. The lowest BCUT2D eigenvalue weighted by Crippen LogP contribution is -2.23. The Labute approximate surface area is 186 Å². The summed E-state index contributed by atoms with van der Waals surface area (Å²) in [7, 11) is 0. The van der Waals surface area contributed by atoms with Crippen molar-refractivity contribution < 1.29 is 4.79 Å². The van der Waals surface area contributed by atoms with Gasteiger partial charge in [0.25, 0.3) is 5.91 Å². The second-order valence-corrected chi connectivity index (χ2v) is 7.55. The van der Waals surface area contributed by atoms with Gasteiger partial charge in [-0.3, -0.25) is 4.79 Å². The number of halogens is 1. The van der Waals surface area contributed by atoms with Crippen LogP contribution in [-0.2, 0) is 11.3 Å². The molecule has 0 unspecified atom stereocenters. The Morgan fingerprint density at radius 1 is 1.00 bits per heavy atom. The minimum atomic E-state index is -0.152. The van der Waals surface area contributed by atoms with Gasteiger partial charge < -0.3 is 9.88 Å². The lowest BCUT2D eigenvalue weighted by Gasteiger charge is -2.11. The van der Waals surface area contributed by atoms with Gasteiger partial charge in [-0.25, -0.2) is 4.98 Å². The van der Waals surface area contributed by atoms with Crippen molar-refractivity contribution in [3.8, 4) is 5.69 Å². The average molecular weight is 428 g/mol. The van der Waals surface area contributed by atoms with Crippen molar-refractivity contribution in [2.45, 2.75) is 13.5 Å². The topological polar surface area (TPSA) is 46.9 Å². The molecule has 0 saturated carbocycles. The molecule has 4 aromatic rings. The van der Waals surface area contributed by atoms with Crippen LogP contribution in [0.25, 0.3) is 17.3 Å². The summed E-state index contributed by atoms with van der Waals surface area (Å²) in [4.78, 5) is 17.4. The van der Waals surface area contributed by atoms with Crippen LogP contribution >= 0.6 is 11.6 Å². The van der Waals surface area contributed by atoms with E-state index in [0.29, 0.717) is 17.1 Å². The van der Waals surface area contributed by atoms with Crippen LogP contribution in [-0.4, -0.2) is 15.5 Å². The molecule has 4 rings (SSSR count). The van der Waals surface area contributed by atoms with Gasteiger partial charge in [0.1, 0.15) is 5.82 Å². The Bertz CT molecular complexity index is 1210. The average Bonchev–Trinajstić information content (AvgIpc) is 3.23. The molecule has 1 aromatic heterocycles. The van der Waals surface area contributed by atoms with Crippen molar-refractivity contribution in [3.05, 3.63) is 119 Å². The van der Waals surface area contributed by atoms with Gasteiger partial charge in [-0.1, -0.05) is 72.3 Å². The van der Waals surface area contributed by atoms with Gasteiger partial charge in [-0.05, 0) is 47.9 Å². The zero-order chi connectivity index (χ0) is 21.6. The molecular weight excluding hydrogens is 406 g/mol. The first kappa shape index (κ1) is 20.6. The maximum atomic E-state index is 13.1. The minimum Gasteiger partial charge on any atom is -0.348 e. The standard InChI is InChI=1S/C26H22ClN3O/c1-19-28-15-16-30(19)23-13-11-20(12-14-23)18-29-26(31)24(21-7-3-2-4-8-21)17-22-9-5-6-10-25(22)27/h2-17H,18H2,1H3,(H,29,31)/b24-17+. The second-order valence-electron chi connectivity index (χ2n) is 7.14. The molecular formula is C26H22ClN3O. The number of nitrogens with one attached hydrogen (secondary N) is 1. The summed E-state index contributed by atoms with van der Waals surface area (Å²) in [6.45, 7) is 2.39. The highest BCUT2D eigenvalue weighted by atomic mass is 35.5. The van der Waals surface area contributed by atoms with E-state index in [-0.39, 0.29) is 5.91 Å². The summed E-state index contributed by atoms with van der Waals surface area (Å²) in [6.07, 6.45) is 5.54. The number of benzene rings is 3. The van der Waals surface area contributed by atoms with E-state index in [1.54, 1.807) is 6.20 Å². The number of hydrogen-bond acceptors (Lipinski definition) is 2. The Kier molecular flexibility index (Phi) is 6.29. The fourth-order valence-corrected chi connectivity index (χ4v) is 3.54. The maximum absolute atomic E-state index is 13.1. The second kappa shape index (κ2) is 9.45. The highest BCUT2D eigenvalue weighted by Gasteiger charge is 2.13. The third kappa shape index (κ3) is 4.93. The van der Waals surface area contributed by atoms with E-state index in [2.05, 4.69) is 10.3 Å². The largest absolute Gasteiger partial charge is 0.348 e. The summed E-state index contributed by atoms with van der Waals surface area (Å²) in [5, 5.41) is 3.64. The number of nitrogens with zero attached hydrogens (tertiary/aromatic N) is 2. The Morgan fingerprint density at radius 2 is 1.71 bits per heavy atom. The van der Waals surface area contributed by atoms with Crippen molar-refractivity contribution in [2.24, 2.45) is 0 Å². The van der Waals surface area contributed by atoms with Crippen LogP contribution in [0.4, 0.5) is 0 Å².